The number of benzene rings is 2. The molecule has 0 saturated carbocycles. The van der Waals surface area contributed by atoms with Crippen molar-refractivity contribution in [3.63, 3.8) is 0 Å². The maximum Gasteiger partial charge on any atom is 0.317 e. The first-order valence-electron chi connectivity index (χ1n) is 12.4. The molecule has 2 atom stereocenters. The molecule has 2 aliphatic rings. The second-order valence-corrected chi connectivity index (χ2v) is 10.7. The van der Waals surface area contributed by atoms with E-state index in [4.69, 9.17) is 4.98 Å². The fourth-order valence-electron chi connectivity index (χ4n) is 5.61. The van der Waals surface area contributed by atoms with Crippen LogP contribution in [0.2, 0.25) is 0 Å². The van der Waals surface area contributed by atoms with Gasteiger partial charge in [-0.25, -0.2) is 18.6 Å². The van der Waals surface area contributed by atoms with E-state index in [9.17, 15) is 13.6 Å². The number of aromatic nitrogens is 2. The lowest BCUT2D eigenvalue weighted by Crippen LogP contribution is -2.40. The molecular weight excluding hydrogens is 540 g/mol. The molecule has 9 heteroatoms. The Morgan fingerprint density at radius 3 is 2.35 bits per heavy atom. The van der Waals surface area contributed by atoms with E-state index in [-0.39, 0.29) is 18.1 Å². The molecule has 2 aromatic carbocycles. The highest BCUT2D eigenvalue weighted by atomic mass is 79.9. The van der Waals surface area contributed by atoms with E-state index in [0.717, 1.165) is 46.7 Å². The van der Waals surface area contributed by atoms with Gasteiger partial charge in [-0.15, -0.1) is 0 Å². The number of amides is 2. The predicted octanol–water partition coefficient (Wildman–Crippen LogP) is 5.32. The standard InChI is InChI=1S/C28H26BrF2N5O/c29-21-9-7-18(8-10-21)27-25(36-11-2-1-6-26(36)33-27)17-34-13-19-15-35(16-20(19)14-34)28(37)32-12-22-23(30)4-3-5-24(22)31/h1-11,19-20H,12-17H2,(H,32,37). The van der Waals surface area contributed by atoms with Crippen LogP contribution in [0.25, 0.3) is 16.9 Å². The molecule has 2 aromatic heterocycles. The monoisotopic (exact) mass is 565 g/mol. The Kier molecular flexibility index (Phi) is 6.42. The quantitative estimate of drug-likeness (QED) is 0.356. The predicted molar refractivity (Wildman–Crippen MR) is 141 cm³/mol. The molecule has 2 saturated heterocycles. The molecule has 2 unspecified atom stereocenters. The van der Waals surface area contributed by atoms with Crippen molar-refractivity contribution >= 4 is 27.6 Å². The van der Waals surface area contributed by atoms with Crippen LogP contribution in [0.4, 0.5) is 13.6 Å². The van der Waals surface area contributed by atoms with Crippen LogP contribution in [0, 0.1) is 23.5 Å². The van der Waals surface area contributed by atoms with Gasteiger partial charge in [0, 0.05) is 54.5 Å². The maximum absolute atomic E-state index is 13.9. The summed E-state index contributed by atoms with van der Waals surface area (Å²) in [6.45, 7) is 3.65. The van der Waals surface area contributed by atoms with Gasteiger partial charge in [0.15, 0.2) is 0 Å². The second-order valence-electron chi connectivity index (χ2n) is 9.82. The second kappa shape index (κ2) is 9.87. The van der Waals surface area contributed by atoms with Crippen molar-refractivity contribution in [1.29, 1.82) is 0 Å². The normalized spacial score (nSPS) is 19.5. The number of nitrogens with one attached hydrogen (secondary N) is 1. The van der Waals surface area contributed by atoms with Crippen molar-refractivity contribution in [2.45, 2.75) is 13.1 Å². The molecule has 2 aliphatic heterocycles. The van der Waals surface area contributed by atoms with Gasteiger partial charge in [-0.1, -0.05) is 40.2 Å². The molecule has 0 radical (unpaired) electrons. The van der Waals surface area contributed by atoms with Crippen LogP contribution >= 0.6 is 15.9 Å². The Morgan fingerprint density at radius 1 is 0.946 bits per heavy atom. The molecule has 0 aliphatic carbocycles. The first-order valence-corrected chi connectivity index (χ1v) is 13.2. The molecule has 2 amide bonds. The lowest BCUT2D eigenvalue weighted by Gasteiger charge is -2.22. The number of halogens is 3. The van der Waals surface area contributed by atoms with Crippen molar-refractivity contribution in [3.05, 3.63) is 94.2 Å². The van der Waals surface area contributed by atoms with E-state index in [2.05, 4.69) is 48.9 Å². The minimum Gasteiger partial charge on any atom is -0.334 e. The Morgan fingerprint density at radius 2 is 1.65 bits per heavy atom. The maximum atomic E-state index is 13.9. The molecule has 2 fully saturated rings. The highest BCUT2D eigenvalue weighted by Crippen LogP contribution is 2.34. The minimum absolute atomic E-state index is 0.115. The summed E-state index contributed by atoms with van der Waals surface area (Å²) in [7, 11) is 0. The topological polar surface area (TPSA) is 52.9 Å². The molecular formula is C28H26BrF2N5O. The summed E-state index contributed by atoms with van der Waals surface area (Å²) < 4.78 is 31.0. The van der Waals surface area contributed by atoms with Gasteiger partial charge in [-0.2, -0.15) is 0 Å². The summed E-state index contributed by atoms with van der Waals surface area (Å²) in [5.74, 6) is -0.564. The van der Waals surface area contributed by atoms with Crippen molar-refractivity contribution in [2.24, 2.45) is 11.8 Å². The lowest BCUT2D eigenvalue weighted by atomic mass is 10.0. The summed E-state index contributed by atoms with van der Waals surface area (Å²) in [4.78, 5) is 21.9. The molecule has 4 heterocycles. The fourth-order valence-corrected chi connectivity index (χ4v) is 5.87. The Bertz CT molecular complexity index is 1420. The van der Waals surface area contributed by atoms with Crippen molar-refractivity contribution in [1.82, 2.24) is 24.5 Å². The van der Waals surface area contributed by atoms with Crippen LogP contribution in [0.5, 0.6) is 0 Å². The summed E-state index contributed by atoms with van der Waals surface area (Å²) in [5, 5.41) is 2.69. The Balaban J connectivity index is 1.12. The van der Waals surface area contributed by atoms with Crippen molar-refractivity contribution < 1.29 is 13.6 Å². The summed E-state index contributed by atoms with van der Waals surface area (Å²) >= 11 is 3.51. The third-order valence-corrected chi connectivity index (χ3v) is 7.98. The third-order valence-electron chi connectivity index (χ3n) is 7.45. The zero-order valence-electron chi connectivity index (χ0n) is 20.1. The summed E-state index contributed by atoms with van der Waals surface area (Å²) in [6, 6.07) is 17.7. The molecule has 6 nitrogen and oxygen atoms in total. The van der Waals surface area contributed by atoms with Gasteiger partial charge in [-0.3, -0.25) is 4.90 Å². The van der Waals surface area contributed by atoms with Gasteiger partial charge < -0.3 is 14.6 Å². The van der Waals surface area contributed by atoms with Crippen molar-refractivity contribution in [3.8, 4) is 11.3 Å². The Hall–Kier alpha value is -3.30. The molecule has 4 aromatic rings. The average molecular weight is 566 g/mol. The van der Waals surface area contributed by atoms with Crippen LogP contribution in [0.15, 0.2) is 71.3 Å². The number of carbonyl (C=O) groups excluding carboxylic acids is 1. The zero-order valence-corrected chi connectivity index (χ0v) is 21.7. The van der Waals surface area contributed by atoms with E-state index in [1.165, 1.54) is 18.2 Å². The highest BCUT2D eigenvalue weighted by Gasteiger charge is 2.41. The molecule has 0 bridgehead atoms. The van der Waals surface area contributed by atoms with Gasteiger partial charge in [-0.05, 0) is 48.2 Å². The fraction of sp³-hybridized carbons (Fsp3) is 0.286. The van der Waals surface area contributed by atoms with Gasteiger partial charge in [0.05, 0.1) is 17.9 Å². The van der Waals surface area contributed by atoms with E-state index >= 15 is 0 Å². The molecule has 190 valence electrons. The van der Waals surface area contributed by atoms with Crippen LogP contribution < -0.4 is 5.32 Å². The molecule has 1 N–H and O–H groups in total. The molecule has 0 spiro atoms. The van der Waals surface area contributed by atoms with Crippen molar-refractivity contribution in [2.75, 3.05) is 26.2 Å². The van der Waals surface area contributed by atoms with Gasteiger partial charge in [0.2, 0.25) is 0 Å². The van der Waals surface area contributed by atoms with Crippen LogP contribution in [0.3, 0.4) is 0 Å². The number of carbonyl (C=O) groups is 1. The number of likely N-dealkylation sites (tertiary alicyclic amines) is 2. The van der Waals surface area contributed by atoms with E-state index in [1.54, 1.807) is 4.90 Å². The summed E-state index contributed by atoms with van der Waals surface area (Å²) in [6.07, 6.45) is 2.06. The van der Waals surface area contributed by atoms with E-state index in [0.29, 0.717) is 24.9 Å². The first-order chi connectivity index (χ1) is 18.0. The smallest absolute Gasteiger partial charge is 0.317 e. The number of fused-ring (bicyclic) bond motifs is 2. The number of rotatable bonds is 5. The number of nitrogens with zero attached hydrogens (tertiary/aromatic N) is 4. The largest absolute Gasteiger partial charge is 0.334 e. The lowest BCUT2D eigenvalue weighted by molar-refractivity contribution is 0.198. The molecule has 37 heavy (non-hydrogen) atoms. The number of pyridine rings is 1. The number of urea groups is 1. The zero-order chi connectivity index (χ0) is 25.5. The van der Waals surface area contributed by atoms with E-state index < -0.39 is 11.6 Å². The average Bonchev–Trinajstić information content (AvgIpc) is 3.56. The minimum atomic E-state index is -0.649. The number of imidazole rings is 1. The number of hydrogen-bond acceptors (Lipinski definition) is 3. The van der Waals surface area contributed by atoms with Gasteiger partial charge >= 0.3 is 6.03 Å². The molecule has 6 rings (SSSR count). The van der Waals surface area contributed by atoms with Crippen LogP contribution in [0.1, 0.15) is 11.3 Å². The Labute approximate surface area is 222 Å². The van der Waals surface area contributed by atoms with Gasteiger partial charge in [0.25, 0.3) is 0 Å². The number of hydrogen-bond donors (Lipinski definition) is 1. The van der Waals surface area contributed by atoms with Crippen LogP contribution in [-0.2, 0) is 13.1 Å². The highest BCUT2D eigenvalue weighted by molar-refractivity contribution is 9.10. The SMILES string of the molecule is O=C(NCc1c(F)cccc1F)N1CC2CN(Cc3c(-c4ccc(Br)cc4)nc4ccccn34)CC2C1. The van der Waals surface area contributed by atoms with E-state index in [1.807, 2.05) is 30.3 Å². The summed E-state index contributed by atoms with van der Waals surface area (Å²) in [5.41, 5.74) is 4.02. The third kappa shape index (κ3) is 4.73. The van der Waals surface area contributed by atoms with Gasteiger partial charge in [0.1, 0.15) is 17.3 Å². The van der Waals surface area contributed by atoms with Crippen LogP contribution in [-0.4, -0.2) is 51.4 Å². The first kappa shape index (κ1) is 24.1.